The van der Waals surface area contributed by atoms with E-state index in [1.807, 2.05) is 0 Å². The summed E-state index contributed by atoms with van der Waals surface area (Å²) in [5.74, 6) is -0.427. The highest BCUT2D eigenvalue weighted by molar-refractivity contribution is 7.17. The zero-order valence-electron chi connectivity index (χ0n) is 9.68. The monoisotopic (exact) mass is 256 g/mol. The van der Waals surface area contributed by atoms with Crippen LogP contribution in [0, 0.1) is 5.92 Å². The van der Waals surface area contributed by atoms with Gasteiger partial charge in [0.1, 0.15) is 4.88 Å². The van der Waals surface area contributed by atoms with Gasteiger partial charge in [0.2, 0.25) is 0 Å². The van der Waals surface area contributed by atoms with Gasteiger partial charge in [-0.25, -0.2) is 9.78 Å². The molecule has 0 spiro atoms. The molecule has 0 aliphatic carbocycles. The van der Waals surface area contributed by atoms with Gasteiger partial charge in [0.15, 0.2) is 5.13 Å². The first-order chi connectivity index (χ1) is 8.20. The normalized spacial score (nSPS) is 23.8. The molecule has 1 aliphatic rings. The number of nitrogens with one attached hydrogen (secondary N) is 1. The largest absolute Gasteiger partial charge is 0.477 e. The maximum absolute atomic E-state index is 10.7. The van der Waals surface area contributed by atoms with Crippen molar-refractivity contribution < 1.29 is 14.6 Å². The first-order valence-electron chi connectivity index (χ1n) is 5.75. The minimum atomic E-state index is -0.925. The number of hydrogen-bond donors (Lipinski definition) is 2. The molecule has 6 heteroatoms. The Balaban J connectivity index is 1.86. The average Bonchev–Trinajstić information content (AvgIpc) is 2.95. The molecule has 5 nitrogen and oxygen atoms in total. The van der Waals surface area contributed by atoms with Crippen molar-refractivity contribution in [2.75, 3.05) is 18.5 Å². The summed E-state index contributed by atoms with van der Waals surface area (Å²) < 4.78 is 5.60. The van der Waals surface area contributed by atoms with Crippen LogP contribution in [0.25, 0.3) is 0 Å². The van der Waals surface area contributed by atoms with Gasteiger partial charge in [-0.05, 0) is 12.8 Å². The molecule has 2 rings (SSSR count). The van der Waals surface area contributed by atoms with Gasteiger partial charge in [-0.15, -0.1) is 0 Å². The summed E-state index contributed by atoms with van der Waals surface area (Å²) in [5.41, 5.74) is 0. The summed E-state index contributed by atoms with van der Waals surface area (Å²) >= 11 is 1.17. The van der Waals surface area contributed by atoms with Crippen molar-refractivity contribution in [2.24, 2.45) is 5.92 Å². The van der Waals surface area contributed by atoms with Crippen molar-refractivity contribution in [3.63, 3.8) is 0 Å². The molecular weight excluding hydrogens is 240 g/mol. The van der Waals surface area contributed by atoms with E-state index in [1.54, 1.807) is 0 Å². The van der Waals surface area contributed by atoms with Crippen LogP contribution in [-0.4, -0.2) is 35.3 Å². The van der Waals surface area contributed by atoms with Crippen molar-refractivity contribution in [3.05, 3.63) is 11.1 Å². The lowest BCUT2D eigenvalue weighted by molar-refractivity contribution is 0.0702. The molecule has 1 saturated heterocycles. The predicted octanol–water partition coefficient (Wildman–Crippen LogP) is 2.07. The van der Waals surface area contributed by atoms with E-state index in [0.717, 1.165) is 26.0 Å². The lowest BCUT2D eigenvalue weighted by Crippen LogP contribution is -2.22. The Morgan fingerprint density at radius 1 is 1.76 bits per heavy atom. The second kappa shape index (κ2) is 5.46. The van der Waals surface area contributed by atoms with Crippen LogP contribution >= 0.6 is 11.3 Å². The third kappa shape index (κ3) is 2.95. The number of aromatic carboxylic acids is 1. The Bertz CT molecular complexity index is 394. The lowest BCUT2D eigenvalue weighted by Gasteiger charge is -2.16. The van der Waals surface area contributed by atoms with E-state index in [1.165, 1.54) is 17.5 Å². The molecule has 1 aromatic heterocycles. The van der Waals surface area contributed by atoms with Gasteiger partial charge in [-0.3, -0.25) is 0 Å². The predicted molar refractivity (Wildman–Crippen MR) is 65.7 cm³/mol. The van der Waals surface area contributed by atoms with Gasteiger partial charge in [0, 0.05) is 19.1 Å². The minimum absolute atomic E-state index is 0.266. The van der Waals surface area contributed by atoms with Crippen LogP contribution in [0.15, 0.2) is 6.20 Å². The van der Waals surface area contributed by atoms with E-state index in [4.69, 9.17) is 9.84 Å². The van der Waals surface area contributed by atoms with Crippen molar-refractivity contribution in [1.82, 2.24) is 4.98 Å². The fourth-order valence-corrected chi connectivity index (χ4v) is 2.71. The fraction of sp³-hybridized carbons (Fsp3) is 0.636. The topological polar surface area (TPSA) is 71.5 Å². The molecule has 94 valence electrons. The standard InChI is InChI=1S/C11H16N2O3S/c1-2-8-7(3-4-16-8)5-12-11-13-6-9(17-11)10(14)15/h6-8H,2-5H2,1H3,(H,12,13)(H,14,15). The Kier molecular flexibility index (Phi) is 3.96. The lowest BCUT2D eigenvalue weighted by atomic mass is 10.00. The molecule has 2 atom stereocenters. The van der Waals surface area contributed by atoms with Gasteiger partial charge in [-0.1, -0.05) is 18.3 Å². The molecule has 0 aromatic carbocycles. The third-order valence-electron chi connectivity index (χ3n) is 2.98. The molecule has 0 amide bonds. The number of ether oxygens (including phenoxy) is 1. The second-order valence-corrected chi connectivity index (χ2v) is 5.11. The second-order valence-electron chi connectivity index (χ2n) is 4.08. The molecule has 1 aliphatic heterocycles. The zero-order valence-corrected chi connectivity index (χ0v) is 10.5. The van der Waals surface area contributed by atoms with Gasteiger partial charge in [-0.2, -0.15) is 0 Å². The minimum Gasteiger partial charge on any atom is -0.477 e. The van der Waals surface area contributed by atoms with Gasteiger partial charge in [0.25, 0.3) is 0 Å². The number of carbonyl (C=O) groups is 1. The number of carboxylic acid groups (broad SMARTS) is 1. The van der Waals surface area contributed by atoms with Crippen molar-refractivity contribution in [2.45, 2.75) is 25.9 Å². The molecule has 2 heterocycles. The smallest absolute Gasteiger partial charge is 0.347 e. The highest BCUT2D eigenvalue weighted by atomic mass is 32.1. The fourth-order valence-electron chi connectivity index (χ4n) is 2.05. The van der Waals surface area contributed by atoms with E-state index >= 15 is 0 Å². The number of thiazole rings is 1. The van der Waals surface area contributed by atoms with E-state index < -0.39 is 5.97 Å². The average molecular weight is 256 g/mol. The molecule has 17 heavy (non-hydrogen) atoms. The summed E-state index contributed by atoms with van der Waals surface area (Å²) in [5, 5.41) is 12.6. The Morgan fingerprint density at radius 3 is 3.24 bits per heavy atom. The quantitative estimate of drug-likeness (QED) is 0.843. The number of hydrogen-bond acceptors (Lipinski definition) is 5. The number of anilines is 1. The maximum Gasteiger partial charge on any atom is 0.347 e. The van der Waals surface area contributed by atoms with Crippen LogP contribution in [0.3, 0.4) is 0 Å². The van der Waals surface area contributed by atoms with E-state index in [0.29, 0.717) is 17.2 Å². The van der Waals surface area contributed by atoms with Crippen LogP contribution in [-0.2, 0) is 4.74 Å². The summed E-state index contributed by atoms with van der Waals surface area (Å²) in [6, 6.07) is 0. The molecule has 0 radical (unpaired) electrons. The van der Waals surface area contributed by atoms with E-state index in [9.17, 15) is 4.79 Å². The van der Waals surface area contributed by atoms with E-state index in [-0.39, 0.29) is 4.88 Å². The number of rotatable bonds is 5. The highest BCUT2D eigenvalue weighted by Crippen LogP contribution is 2.25. The third-order valence-corrected chi connectivity index (χ3v) is 3.92. The highest BCUT2D eigenvalue weighted by Gasteiger charge is 2.26. The van der Waals surface area contributed by atoms with Gasteiger partial charge < -0.3 is 15.2 Å². The van der Waals surface area contributed by atoms with Crippen molar-refractivity contribution in [3.8, 4) is 0 Å². The number of aromatic nitrogens is 1. The van der Waals surface area contributed by atoms with E-state index in [2.05, 4.69) is 17.2 Å². The van der Waals surface area contributed by atoms with Crippen LogP contribution in [0.5, 0.6) is 0 Å². The summed E-state index contributed by atoms with van der Waals surface area (Å²) in [7, 11) is 0. The zero-order chi connectivity index (χ0) is 12.3. The maximum atomic E-state index is 10.7. The Labute approximate surface area is 104 Å². The van der Waals surface area contributed by atoms with Crippen LogP contribution in [0.1, 0.15) is 29.4 Å². The number of nitrogens with zero attached hydrogens (tertiary/aromatic N) is 1. The molecule has 2 N–H and O–H groups in total. The molecule has 0 bridgehead atoms. The van der Waals surface area contributed by atoms with Gasteiger partial charge >= 0.3 is 5.97 Å². The molecule has 2 unspecified atom stereocenters. The first kappa shape index (κ1) is 12.3. The molecule has 0 saturated carbocycles. The Hall–Kier alpha value is -1.14. The van der Waals surface area contributed by atoms with Crippen LogP contribution in [0.4, 0.5) is 5.13 Å². The van der Waals surface area contributed by atoms with Crippen LogP contribution < -0.4 is 5.32 Å². The molecule has 1 aromatic rings. The SMILES string of the molecule is CCC1OCCC1CNc1ncc(C(=O)O)s1. The summed E-state index contributed by atoms with van der Waals surface area (Å²) in [4.78, 5) is 15.0. The first-order valence-corrected chi connectivity index (χ1v) is 6.57. The summed E-state index contributed by atoms with van der Waals surface area (Å²) in [6.45, 7) is 3.74. The van der Waals surface area contributed by atoms with Crippen molar-refractivity contribution >= 4 is 22.4 Å². The number of carboxylic acids is 1. The summed E-state index contributed by atoms with van der Waals surface area (Å²) in [6.07, 6.45) is 3.78. The van der Waals surface area contributed by atoms with Crippen LogP contribution in [0.2, 0.25) is 0 Å². The molecule has 1 fully saturated rings. The van der Waals surface area contributed by atoms with Crippen molar-refractivity contribution in [1.29, 1.82) is 0 Å². The van der Waals surface area contributed by atoms with Gasteiger partial charge in [0.05, 0.1) is 12.3 Å². The molecular formula is C11H16N2O3S. The Morgan fingerprint density at radius 2 is 2.59 bits per heavy atom.